The largest absolute Gasteiger partial charge is 0.351 e. The summed E-state index contributed by atoms with van der Waals surface area (Å²) in [7, 11) is 0. The summed E-state index contributed by atoms with van der Waals surface area (Å²) in [6.07, 6.45) is 5.11. The van der Waals surface area contributed by atoms with E-state index in [4.69, 9.17) is 0 Å². The molecule has 2 atom stereocenters. The first-order chi connectivity index (χ1) is 10.2. The van der Waals surface area contributed by atoms with E-state index in [2.05, 4.69) is 24.5 Å². The Morgan fingerprint density at radius 3 is 2.62 bits per heavy atom. The lowest BCUT2D eigenvalue weighted by Gasteiger charge is -2.35. The monoisotopic (exact) mass is 288 g/mol. The van der Waals surface area contributed by atoms with Gasteiger partial charge in [-0.05, 0) is 30.2 Å². The molecule has 1 fully saturated rings. The highest BCUT2D eigenvalue weighted by atomic mass is 16.1. The van der Waals surface area contributed by atoms with Gasteiger partial charge in [0, 0.05) is 12.6 Å². The van der Waals surface area contributed by atoms with Crippen LogP contribution in [-0.2, 0) is 11.3 Å². The third kappa shape index (κ3) is 5.16. The zero-order valence-electron chi connectivity index (χ0n) is 13.3. The third-order valence-electron chi connectivity index (χ3n) is 4.53. The van der Waals surface area contributed by atoms with Crippen molar-refractivity contribution in [2.45, 2.75) is 52.1 Å². The molecule has 0 unspecified atom stereocenters. The van der Waals surface area contributed by atoms with E-state index in [0.717, 1.165) is 5.56 Å². The fraction of sp³-hybridized carbons (Fsp3) is 0.611. The molecule has 0 radical (unpaired) electrons. The topological polar surface area (TPSA) is 41.1 Å². The van der Waals surface area contributed by atoms with Gasteiger partial charge in [-0.25, -0.2) is 0 Å². The van der Waals surface area contributed by atoms with Crippen molar-refractivity contribution in [2.75, 3.05) is 6.54 Å². The van der Waals surface area contributed by atoms with E-state index in [0.29, 0.717) is 31.0 Å². The molecule has 3 heteroatoms. The molecule has 2 rings (SSSR count). The molecule has 1 amide bonds. The summed E-state index contributed by atoms with van der Waals surface area (Å²) in [5.41, 5.74) is 1.14. The van der Waals surface area contributed by atoms with Crippen LogP contribution in [0.15, 0.2) is 30.3 Å². The van der Waals surface area contributed by atoms with Crippen LogP contribution in [0.5, 0.6) is 0 Å². The normalized spacial score (nSPS) is 22.2. The lowest BCUT2D eigenvalue weighted by molar-refractivity contribution is -0.120. The van der Waals surface area contributed by atoms with Crippen LogP contribution < -0.4 is 10.6 Å². The van der Waals surface area contributed by atoms with Gasteiger partial charge >= 0.3 is 0 Å². The molecule has 0 spiro atoms. The van der Waals surface area contributed by atoms with Gasteiger partial charge in [-0.3, -0.25) is 4.79 Å². The van der Waals surface area contributed by atoms with Crippen LogP contribution in [0.25, 0.3) is 0 Å². The third-order valence-corrected chi connectivity index (χ3v) is 4.53. The van der Waals surface area contributed by atoms with Crippen molar-refractivity contribution in [3.8, 4) is 0 Å². The minimum absolute atomic E-state index is 0.0898. The van der Waals surface area contributed by atoms with Gasteiger partial charge in [0.25, 0.3) is 0 Å². The molecule has 21 heavy (non-hydrogen) atoms. The van der Waals surface area contributed by atoms with Crippen LogP contribution in [0.4, 0.5) is 0 Å². The highest BCUT2D eigenvalue weighted by molar-refractivity contribution is 5.78. The van der Waals surface area contributed by atoms with Crippen molar-refractivity contribution in [2.24, 2.45) is 11.8 Å². The summed E-state index contributed by atoms with van der Waals surface area (Å²) in [5, 5.41) is 6.46. The Hall–Kier alpha value is -1.35. The first-order valence-electron chi connectivity index (χ1n) is 8.21. The maximum atomic E-state index is 12.0. The highest BCUT2D eigenvalue weighted by Crippen LogP contribution is 2.29. The lowest BCUT2D eigenvalue weighted by atomic mass is 9.78. The average molecular weight is 288 g/mol. The molecular weight excluding hydrogens is 260 g/mol. The number of rotatable bonds is 6. The lowest BCUT2D eigenvalue weighted by Crippen LogP contribution is -2.45. The number of hydrogen-bond acceptors (Lipinski definition) is 2. The van der Waals surface area contributed by atoms with Crippen LogP contribution in [0.1, 0.15) is 45.1 Å². The number of amides is 1. The van der Waals surface area contributed by atoms with E-state index in [-0.39, 0.29) is 5.91 Å². The number of hydrogen-bond donors (Lipinski definition) is 2. The second-order valence-electron chi connectivity index (χ2n) is 6.44. The summed E-state index contributed by atoms with van der Waals surface area (Å²) >= 11 is 0. The minimum atomic E-state index is 0.0898. The van der Waals surface area contributed by atoms with Crippen LogP contribution in [-0.4, -0.2) is 18.5 Å². The van der Waals surface area contributed by atoms with Crippen molar-refractivity contribution < 1.29 is 4.79 Å². The zero-order valence-corrected chi connectivity index (χ0v) is 13.3. The van der Waals surface area contributed by atoms with Crippen molar-refractivity contribution in [1.29, 1.82) is 0 Å². The van der Waals surface area contributed by atoms with Gasteiger partial charge < -0.3 is 10.6 Å². The Bertz CT molecular complexity index is 430. The fourth-order valence-corrected chi connectivity index (χ4v) is 3.29. The predicted octanol–water partition coefficient (Wildman–Crippen LogP) is 3.11. The van der Waals surface area contributed by atoms with Crippen molar-refractivity contribution in [1.82, 2.24) is 10.6 Å². The smallest absolute Gasteiger partial charge is 0.234 e. The SMILES string of the molecule is CC(C)[C@@H]1CCCC[C@@H]1NCC(=O)NCc1ccccc1. The predicted molar refractivity (Wildman–Crippen MR) is 86.9 cm³/mol. The van der Waals surface area contributed by atoms with Crippen LogP contribution >= 0.6 is 0 Å². The Labute approximate surface area is 128 Å². The summed E-state index contributed by atoms with van der Waals surface area (Å²) in [6, 6.07) is 10.5. The Morgan fingerprint density at radius 1 is 1.19 bits per heavy atom. The number of nitrogens with one attached hydrogen (secondary N) is 2. The standard InChI is InChI=1S/C18H28N2O/c1-14(2)16-10-6-7-11-17(16)19-13-18(21)20-12-15-8-4-3-5-9-15/h3-5,8-9,14,16-17,19H,6-7,10-13H2,1-2H3,(H,20,21)/t16-,17-/m0/s1. The van der Waals surface area contributed by atoms with Gasteiger partial charge in [0.2, 0.25) is 5.91 Å². The molecule has 1 aliphatic rings. The molecule has 2 N–H and O–H groups in total. The van der Waals surface area contributed by atoms with Gasteiger partial charge in [0.15, 0.2) is 0 Å². The van der Waals surface area contributed by atoms with E-state index in [9.17, 15) is 4.79 Å². The molecule has 0 bridgehead atoms. The maximum Gasteiger partial charge on any atom is 0.234 e. The maximum absolute atomic E-state index is 12.0. The Balaban J connectivity index is 1.72. The quantitative estimate of drug-likeness (QED) is 0.844. The minimum Gasteiger partial charge on any atom is -0.351 e. The second kappa shape index (κ2) is 8.18. The Morgan fingerprint density at radius 2 is 1.90 bits per heavy atom. The van der Waals surface area contributed by atoms with Crippen molar-refractivity contribution in [3.05, 3.63) is 35.9 Å². The average Bonchev–Trinajstić information content (AvgIpc) is 2.52. The van der Waals surface area contributed by atoms with E-state index in [1.807, 2.05) is 30.3 Å². The van der Waals surface area contributed by atoms with Gasteiger partial charge in [-0.1, -0.05) is 57.0 Å². The van der Waals surface area contributed by atoms with E-state index in [1.165, 1.54) is 25.7 Å². The molecule has 0 heterocycles. The van der Waals surface area contributed by atoms with Gasteiger partial charge in [0.1, 0.15) is 0 Å². The molecule has 3 nitrogen and oxygen atoms in total. The van der Waals surface area contributed by atoms with Crippen LogP contribution in [0, 0.1) is 11.8 Å². The summed E-state index contributed by atoms with van der Waals surface area (Å²) in [4.78, 5) is 12.0. The summed E-state index contributed by atoms with van der Waals surface area (Å²) < 4.78 is 0. The second-order valence-corrected chi connectivity index (χ2v) is 6.44. The summed E-state index contributed by atoms with van der Waals surface area (Å²) in [6.45, 7) is 5.63. The molecule has 1 aromatic rings. The number of benzene rings is 1. The Kier molecular flexibility index (Phi) is 6.24. The van der Waals surface area contributed by atoms with E-state index in [1.54, 1.807) is 0 Å². The highest BCUT2D eigenvalue weighted by Gasteiger charge is 2.27. The molecular formula is C18H28N2O. The fourth-order valence-electron chi connectivity index (χ4n) is 3.29. The summed E-state index contributed by atoms with van der Waals surface area (Å²) in [5.74, 6) is 1.49. The van der Waals surface area contributed by atoms with E-state index >= 15 is 0 Å². The molecule has 1 aromatic carbocycles. The van der Waals surface area contributed by atoms with Gasteiger partial charge in [-0.2, -0.15) is 0 Å². The molecule has 0 aliphatic heterocycles. The van der Waals surface area contributed by atoms with E-state index < -0.39 is 0 Å². The molecule has 116 valence electrons. The first-order valence-corrected chi connectivity index (χ1v) is 8.21. The molecule has 1 aliphatic carbocycles. The zero-order chi connectivity index (χ0) is 15.1. The molecule has 0 saturated heterocycles. The van der Waals surface area contributed by atoms with Gasteiger partial charge in [0.05, 0.1) is 6.54 Å². The number of carbonyl (C=O) groups is 1. The molecule has 0 aromatic heterocycles. The van der Waals surface area contributed by atoms with Gasteiger partial charge in [-0.15, -0.1) is 0 Å². The first kappa shape index (κ1) is 16.0. The van der Waals surface area contributed by atoms with Crippen LogP contribution in [0.3, 0.4) is 0 Å². The van der Waals surface area contributed by atoms with Crippen LogP contribution in [0.2, 0.25) is 0 Å². The van der Waals surface area contributed by atoms with Crippen molar-refractivity contribution >= 4 is 5.91 Å². The molecule has 1 saturated carbocycles. The van der Waals surface area contributed by atoms with Crippen molar-refractivity contribution in [3.63, 3.8) is 0 Å². The number of carbonyl (C=O) groups excluding carboxylic acids is 1.